The molecule has 26 heavy (non-hydrogen) atoms. The Morgan fingerprint density at radius 1 is 0.962 bits per heavy atom. The Morgan fingerprint density at radius 3 is 2.31 bits per heavy atom. The first-order valence-electron chi connectivity index (χ1n) is 8.85. The molecule has 0 saturated heterocycles. The first-order valence-corrected chi connectivity index (χ1v) is 9.23. The first kappa shape index (κ1) is 22.8. The van der Waals surface area contributed by atoms with E-state index in [1.165, 1.54) is 5.56 Å². The van der Waals surface area contributed by atoms with Crippen molar-refractivity contribution in [3.05, 3.63) is 64.7 Å². The summed E-state index contributed by atoms with van der Waals surface area (Å²) in [5, 5.41) is 4.41. The molecule has 0 aromatic heterocycles. The number of nitrogens with one attached hydrogen (secondary N) is 1. The van der Waals surface area contributed by atoms with Gasteiger partial charge in [0, 0.05) is 22.7 Å². The van der Waals surface area contributed by atoms with Gasteiger partial charge in [0.25, 0.3) is 0 Å². The van der Waals surface area contributed by atoms with Gasteiger partial charge in [0.15, 0.2) is 0 Å². The lowest BCUT2D eigenvalue weighted by Crippen LogP contribution is -2.41. The Balaban J connectivity index is 0.00000338. The lowest BCUT2D eigenvalue weighted by Gasteiger charge is -2.33. The molecular formula is C22H31Cl2NO. The van der Waals surface area contributed by atoms with Crippen molar-refractivity contribution in [1.29, 1.82) is 0 Å². The zero-order valence-electron chi connectivity index (χ0n) is 16.4. The molecule has 0 bridgehead atoms. The first-order chi connectivity index (χ1) is 11.6. The number of benzene rings is 2. The van der Waals surface area contributed by atoms with Gasteiger partial charge in [-0.2, -0.15) is 0 Å². The van der Waals surface area contributed by atoms with E-state index < -0.39 is 0 Å². The van der Waals surface area contributed by atoms with Crippen molar-refractivity contribution in [1.82, 2.24) is 5.32 Å². The molecule has 0 spiro atoms. The van der Waals surface area contributed by atoms with Gasteiger partial charge in [0.1, 0.15) is 12.4 Å². The molecule has 2 nitrogen and oxygen atoms in total. The van der Waals surface area contributed by atoms with E-state index in [1.807, 2.05) is 36.4 Å². The molecule has 0 saturated carbocycles. The predicted octanol–water partition coefficient (Wildman–Crippen LogP) is 6.65. The zero-order chi connectivity index (χ0) is 18.5. The molecule has 0 amide bonds. The van der Waals surface area contributed by atoms with Crippen LogP contribution in [-0.4, -0.2) is 5.54 Å². The lowest BCUT2D eigenvalue weighted by molar-refractivity contribution is 0.240. The Hall–Kier alpha value is -1.22. The molecule has 144 valence electrons. The quantitative estimate of drug-likeness (QED) is 0.566. The highest BCUT2D eigenvalue weighted by Gasteiger charge is 2.24. The SMILES string of the molecule is CC(C)(C)CC(C)(C)NCc1cccc(OCc2ccccc2Cl)c1.Cl. The summed E-state index contributed by atoms with van der Waals surface area (Å²) >= 11 is 6.18. The van der Waals surface area contributed by atoms with Crippen molar-refractivity contribution < 1.29 is 4.74 Å². The third kappa shape index (κ3) is 7.99. The summed E-state index contributed by atoms with van der Waals surface area (Å²) in [6, 6.07) is 16.0. The van der Waals surface area contributed by atoms with Crippen molar-refractivity contribution in [3.8, 4) is 5.75 Å². The van der Waals surface area contributed by atoms with Gasteiger partial charge < -0.3 is 10.1 Å². The van der Waals surface area contributed by atoms with E-state index in [0.29, 0.717) is 12.0 Å². The third-order valence-corrected chi connectivity index (χ3v) is 4.36. The number of halogens is 2. The van der Waals surface area contributed by atoms with Gasteiger partial charge >= 0.3 is 0 Å². The highest BCUT2D eigenvalue weighted by molar-refractivity contribution is 6.31. The smallest absolute Gasteiger partial charge is 0.120 e. The minimum atomic E-state index is 0. The maximum Gasteiger partial charge on any atom is 0.120 e. The van der Waals surface area contributed by atoms with Crippen LogP contribution >= 0.6 is 24.0 Å². The summed E-state index contributed by atoms with van der Waals surface area (Å²) in [6.45, 7) is 12.7. The van der Waals surface area contributed by atoms with Gasteiger partial charge in [-0.1, -0.05) is 62.7 Å². The Labute approximate surface area is 169 Å². The maximum atomic E-state index is 6.18. The molecule has 0 aliphatic carbocycles. The summed E-state index contributed by atoms with van der Waals surface area (Å²) < 4.78 is 5.91. The second-order valence-electron chi connectivity index (χ2n) is 8.50. The van der Waals surface area contributed by atoms with Crippen LogP contribution in [0.3, 0.4) is 0 Å². The second kappa shape index (κ2) is 9.64. The summed E-state index contributed by atoms with van der Waals surface area (Å²) in [5.74, 6) is 0.868. The van der Waals surface area contributed by atoms with Crippen molar-refractivity contribution in [2.45, 2.75) is 59.7 Å². The van der Waals surface area contributed by atoms with Crippen LogP contribution < -0.4 is 10.1 Å². The number of ether oxygens (including phenoxy) is 1. The molecule has 2 aromatic carbocycles. The molecule has 0 radical (unpaired) electrons. The molecule has 2 aromatic rings. The van der Waals surface area contributed by atoms with Gasteiger partial charge in [-0.25, -0.2) is 0 Å². The Bertz CT molecular complexity index is 693. The monoisotopic (exact) mass is 395 g/mol. The van der Waals surface area contributed by atoms with Crippen LogP contribution in [0.4, 0.5) is 0 Å². The number of rotatable bonds is 7. The fourth-order valence-corrected chi connectivity index (χ4v) is 3.44. The molecule has 0 aliphatic rings. The topological polar surface area (TPSA) is 21.3 Å². The lowest BCUT2D eigenvalue weighted by atomic mass is 9.82. The van der Waals surface area contributed by atoms with Crippen molar-refractivity contribution in [2.75, 3.05) is 0 Å². The molecule has 0 aliphatic heterocycles. The molecule has 4 heteroatoms. The predicted molar refractivity (Wildman–Crippen MR) is 114 cm³/mol. The Kier molecular flexibility index (Phi) is 8.46. The minimum absolute atomic E-state index is 0. The fourth-order valence-electron chi connectivity index (χ4n) is 3.25. The van der Waals surface area contributed by atoms with Crippen LogP contribution in [0.15, 0.2) is 48.5 Å². The number of hydrogen-bond acceptors (Lipinski definition) is 2. The summed E-state index contributed by atoms with van der Waals surface area (Å²) in [4.78, 5) is 0. The van der Waals surface area contributed by atoms with Crippen LogP contribution in [-0.2, 0) is 13.2 Å². The van der Waals surface area contributed by atoms with Crippen molar-refractivity contribution >= 4 is 24.0 Å². The Morgan fingerprint density at radius 2 is 1.65 bits per heavy atom. The van der Waals surface area contributed by atoms with Crippen LogP contribution in [0.2, 0.25) is 5.02 Å². The van der Waals surface area contributed by atoms with Gasteiger partial charge in [0.05, 0.1) is 0 Å². The highest BCUT2D eigenvalue weighted by Crippen LogP contribution is 2.27. The zero-order valence-corrected chi connectivity index (χ0v) is 18.0. The average Bonchev–Trinajstić information content (AvgIpc) is 2.51. The molecule has 0 fully saturated rings. The van der Waals surface area contributed by atoms with Crippen LogP contribution in [0.1, 0.15) is 52.2 Å². The molecule has 0 atom stereocenters. The van der Waals surface area contributed by atoms with E-state index in [-0.39, 0.29) is 17.9 Å². The average molecular weight is 396 g/mol. The summed E-state index contributed by atoms with van der Waals surface area (Å²) in [7, 11) is 0. The standard InChI is InChI=1S/C22H30ClNO.ClH/c1-21(2,3)16-22(4,5)24-14-17-9-8-11-19(13-17)25-15-18-10-6-7-12-20(18)23;/h6-13,24H,14-16H2,1-5H3;1H. The van der Waals surface area contributed by atoms with E-state index in [1.54, 1.807) is 0 Å². The molecule has 2 rings (SSSR count). The van der Waals surface area contributed by atoms with E-state index in [0.717, 1.165) is 29.3 Å². The van der Waals surface area contributed by atoms with Crippen LogP contribution in [0, 0.1) is 5.41 Å². The van der Waals surface area contributed by atoms with Crippen molar-refractivity contribution in [3.63, 3.8) is 0 Å². The van der Waals surface area contributed by atoms with Crippen molar-refractivity contribution in [2.24, 2.45) is 5.41 Å². The summed E-state index contributed by atoms with van der Waals surface area (Å²) in [6.07, 6.45) is 1.11. The van der Waals surface area contributed by atoms with Gasteiger partial charge in [-0.3, -0.25) is 0 Å². The van der Waals surface area contributed by atoms with E-state index >= 15 is 0 Å². The minimum Gasteiger partial charge on any atom is -0.489 e. The largest absolute Gasteiger partial charge is 0.489 e. The maximum absolute atomic E-state index is 6.18. The van der Waals surface area contributed by atoms with Gasteiger partial charge in [-0.05, 0) is 49.4 Å². The molecule has 0 heterocycles. The second-order valence-corrected chi connectivity index (χ2v) is 8.91. The van der Waals surface area contributed by atoms with Crippen LogP contribution in [0.25, 0.3) is 0 Å². The molecule has 0 unspecified atom stereocenters. The molecular weight excluding hydrogens is 365 g/mol. The van der Waals surface area contributed by atoms with Gasteiger partial charge in [0.2, 0.25) is 0 Å². The van der Waals surface area contributed by atoms with E-state index in [2.05, 4.69) is 52.1 Å². The summed E-state index contributed by atoms with van der Waals surface area (Å²) in [5.41, 5.74) is 2.61. The number of hydrogen-bond donors (Lipinski definition) is 1. The van der Waals surface area contributed by atoms with Gasteiger partial charge in [-0.15, -0.1) is 12.4 Å². The fraction of sp³-hybridized carbons (Fsp3) is 0.455. The van der Waals surface area contributed by atoms with E-state index in [4.69, 9.17) is 16.3 Å². The normalized spacial score (nSPS) is 11.8. The van der Waals surface area contributed by atoms with Crippen LogP contribution in [0.5, 0.6) is 5.75 Å². The highest BCUT2D eigenvalue weighted by atomic mass is 35.5. The third-order valence-electron chi connectivity index (χ3n) is 3.99. The van der Waals surface area contributed by atoms with E-state index in [9.17, 15) is 0 Å². The molecule has 1 N–H and O–H groups in total.